The highest BCUT2D eigenvalue weighted by molar-refractivity contribution is 5.80. The van der Waals surface area contributed by atoms with Crippen LogP contribution in [0.15, 0.2) is 12.1 Å². The molecule has 3 nitrogen and oxygen atoms in total. The molecule has 12 heavy (non-hydrogen) atoms. The van der Waals surface area contributed by atoms with Gasteiger partial charge in [-0.15, -0.1) is 0 Å². The molecule has 62 valence electrons. The highest BCUT2D eigenvalue weighted by Crippen LogP contribution is 2.23. The van der Waals surface area contributed by atoms with Crippen LogP contribution in [-0.4, -0.2) is 15.3 Å². The van der Waals surface area contributed by atoms with Crippen molar-refractivity contribution in [2.24, 2.45) is 0 Å². The monoisotopic (exact) mass is 170 g/mol. The minimum atomic E-state index is -0.859. The first-order valence-electron chi connectivity index (χ1n) is 3.20. The lowest BCUT2D eigenvalue weighted by molar-refractivity contribution is 0.433. The summed E-state index contributed by atoms with van der Waals surface area (Å²) in [5.74, 6) is -2.10. The molecule has 0 unspecified atom stereocenters. The van der Waals surface area contributed by atoms with Crippen molar-refractivity contribution in [2.45, 2.75) is 0 Å². The lowest BCUT2D eigenvalue weighted by Gasteiger charge is -1.92. The molecule has 2 N–H and O–H groups in total. The van der Waals surface area contributed by atoms with Gasteiger partial charge in [0.2, 0.25) is 5.95 Å². The molecule has 0 aliphatic carbocycles. The highest BCUT2D eigenvalue weighted by Gasteiger charge is 2.08. The van der Waals surface area contributed by atoms with Gasteiger partial charge in [-0.1, -0.05) is 0 Å². The summed E-state index contributed by atoms with van der Waals surface area (Å²) in [6.07, 6.45) is 0. The highest BCUT2D eigenvalue weighted by atomic mass is 19.1. The Hall–Kier alpha value is -1.65. The fraction of sp³-hybridized carbons (Fsp3) is 0. The van der Waals surface area contributed by atoms with E-state index in [0.717, 1.165) is 12.1 Å². The summed E-state index contributed by atoms with van der Waals surface area (Å²) in [5.41, 5.74) is 0.200. The zero-order chi connectivity index (χ0) is 8.72. The van der Waals surface area contributed by atoms with E-state index in [1.54, 1.807) is 0 Å². The summed E-state index contributed by atoms with van der Waals surface area (Å²) in [6.45, 7) is 0. The second-order valence-corrected chi connectivity index (χ2v) is 2.36. The molecule has 0 aliphatic heterocycles. The number of H-pyrrole nitrogens is 1. The van der Waals surface area contributed by atoms with Crippen molar-refractivity contribution in [2.75, 3.05) is 0 Å². The predicted octanol–water partition coefficient (Wildman–Crippen LogP) is 1.55. The Bertz CT molecular complexity index is 438. The number of halogens is 2. The molecular weight excluding hydrogens is 166 g/mol. The number of aromatic amines is 1. The summed E-state index contributed by atoms with van der Waals surface area (Å²) in [4.78, 5) is 0. The second kappa shape index (κ2) is 2.17. The van der Waals surface area contributed by atoms with Crippen LogP contribution in [0.25, 0.3) is 10.9 Å². The fourth-order valence-corrected chi connectivity index (χ4v) is 0.989. The first-order valence-corrected chi connectivity index (χ1v) is 3.20. The fourth-order valence-electron chi connectivity index (χ4n) is 0.989. The van der Waals surface area contributed by atoms with Crippen LogP contribution in [0.5, 0.6) is 5.75 Å². The van der Waals surface area contributed by atoms with Crippen molar-refractivity contribution < 1.29 is 13.9 Å². The molecule has 1 heterocycles. The topological polar surface area (TPSA) is 48.9 Å². The van der Waals surface area contributed by atoms with Gasteiger partial charge >= 0.3 is 0 Å². The van der Waals surface area contributed by atoms with Gasteiger partial charge < -0.3 is 5.11 Å². The van der Waals surface area contributed by atoms with Gasteiger partial charge in [-0.3, -0.25) is 5.10 Å². The predicted molar refractivity (Wildman–Crippen MR) is 37.7 cm³/mol. The Labute approximate surface area is 65.6 Å². The Balaban J connectivity index is 2.87. The van der Waals surface area contributed by atoms with E-state index in [-0.39, 0.29) is 10.9 Å². The third kappa shape index (κ3) is 0.827. The first kappa shape index (κ1) is 7.02. The second-order valence-electron chi connectivity index (χ2n) is 2.36. The Morgan fingerprint density at radius 2 is 2.08 bits per heavy atom. The van der Waals surface area contributed by atoms with E-state index in [2.05, 4.69) is 5.10 Å². The summed E-state index contributed by atoms with van der Waals surface area (Å²) in [7, 11) is 0. The van der Waals surface area contributed by atoms with E-state index in [9.17, 15) is 8.78 Å². The van der Waals surface area contributed by atoms with Crippen molar-refractivity contribution in [3.05, 3.63) is 23.9 Å². The van der Waals surface area contributed by atoms with Gasteiger partial charge in [-0.05, 0) is 6.07 Å². The van der Waals surface area contributed by atoms with Gasteiger partial charge in [0.1, 0.15) is 0 Å². The van der Waals surface area contributed by atoms with Crippen LogP contribution in [0, 0.1) is 11.8 Å². The van der Waals surface area contributed by atoms with Crippen molar-refractivity contribution in [3.8, 4) is 5.75 Å². The molecule has 2 rings (SSSR count). The van der Waals surface area contributed by atoms with Gasteiger partial charge in [0.05, 0.1) is 10.9 Å². The number of fused-ring (bicyclic) bond motifs is 1. The maximum absolute atomic E-state index is 12.7. The first-order chi connectivity index (χ1) is 5.68. The van der Waals surface area contributed by atoms with Crippen LogP contribution in [0.3, 0.4) is 0 Å². The number of aromatic nitrogens is 2. The van der Waals surface area contributed by atoms with Crippen molar-refractivity contribution in [1.82, 2.24) is 10.2 Å². The van der Waals surface area contributed by atoms with Crippen LogP contribution < -0.4 is 0 Å². The zero-order valence-electron chi connectivity index (χ0n) is 5.81. The summed E-state index contributed by atoms with van der Waals surface area (Å²) in [6, 6.07) is 1.95. The quantitative estimate of drug-likeness (QED) is 0.630. The van der Waals surface area contributed by atoms with E-state index in [4.69, 9.17) is 5.11 Å². The maximum Gasteiger partial charge on any atom is 0.216 e. The number of benzene rings is 1. The van der Waals surface area contributed by atoms with E-state index in [1.165, 1.54) is 0 Å². The summed E-state index contributed by atoms with van der Waals surface area (Å²) >= 11 is 0. The SMILES string of the molecule is Oc1cc2n[nH]c(F)c2cc1F. The standard InChI is InChI=1S/C7H4F2N2O/c8-4-1-3-5(2-6(4)12)10-11-7(3)9/h1-2,12H,(H,10,11). The van der Waals surface area contributed by atoms with Gasteiger partial charge in [-0.25, -0.2) is 4.39 Å². The van der Waals surface area contributed by atoms with Crippen molar-refractivity contribution >= 4 is 10.9 Å². The van der Waals surface area contributed by atoms with Crippen LogP contribution >= 0.6 is 0 Å². The molecule has 0 bridgehead atoms. The number of nitrogens with one attached hydrogen (secondary N) is 1. The molecule has 1 aromatic heterocycles. The molecule has 0 saturated heterocycles. The lowest BCUT2D eigenvalue weighted by Crippen LogP contribution is -1.77. The van der Waals surface area contributed by atoms with Crippen molar-refractivity contribution in [1.29, 1.82) is 0 Å². The Kier molecular flexibility index (Phi) is 1.27. The molecule has 0 atom stereocenters. The van der Waals surface area contributed by atoms with Crippen LogP contribution in [-0.2, 0) is 0 Å². The summed E-state index contributed by atoms with van der Waals surface area (Å²) < 4.78 is 25.3. The Morgan fingerprint density at radius 3 is 2.83 bits per heavy atom. The average molecular weight is 170 g/mol. The smallest absolute Gasteiger partial charge is 0.216 e. The van der Waals surface area contributed by atoms with Gasteiger partial charge in [0, 0.05) is 6.07 Å². The van der Waals surface area contributed by atoms with E-state index in [0.29, 0.717) is 0 Å². The molecule has 5 heteroatoms. The minimum absolute atomic E-state index is 0.0327. The molecular formula is C7H4F2N2O. The largest absolute Gasteiger partial charge is 0.505 e. The lowest BCUT2D eigenvalue weighted by atomic mass is 10.2. The maximum atomic E-state index is 12.7. The molecule has 1 aromatic carbocycles. The molecule has 0 saturated carbocycles. The number of phenolic OH excluding ortho intramolecular Hbond substituents is 1. The molecule has 0 fully saturated rings. The molecule has 0 aliphatic rings. The molecule has 2 aromatic rings. The number of aromatic hydroxyl groups is 1. The number of nitrogens with zero attached hydrogens (tertiary/aromatic N) is 1. The third-order valence-corrected chi connectivity index (χ3v) is 1.58. The van der Waals surface area contributed by atoms with Crippen LogP contribution in [0.2, 0.25) is 0 Å². The van der Waals surface area contributed by atoms with Crippen molar-refractivity contribution in [3.63, 3.8) is 0 Å². The number of hydrogen-bond donors (Lipinski definition) is 2. The summed E-state index contributed by atoms with van der Waals surface area (Å²) in [5, 5.41) is 14.4. The molecule has 0 radical (unpaired) electrons. The van der Waals surface area contributed by atoms with Crippen LogP contribution in [0.4, 0.5) is 8.78 Å². The number of phenols is 1. The van der Waals surface area contributed by atoms with E-state index < -0.39 is 17.5 Å². The van der Waals surface area contributed by atoms with Gasteiger partial charge in [0.15, 0.2) is 11.6 Å². The average Bonchev–Trinajstić information content (AvgIpc) is 2.35. The normalized spacial score (nSPS) is 10.8. The zero-order valence-corrected chi connectivity index (χ0v) is 5.81. The van der Waals surface area contributed by atoms with E-state index >= 15 is 0 Å². The van der Waals surface area contributed by atoms with Gasteiger partial charge in [0.25, 0.3) is 0 Å². The minimum Gasteiger partial charge on any atom is -0.505 e. The number of rotatable bonds is 0. The molecule has 0 spiro atoms. The number of hydrogen-bond acceptors (Lipinski definition) is 2. The Morgan fingerprint density at radius 1 is 1.33 bits per heavy atom. The van der Waals surface area contributed by atoms with Crippen LogP contribution in [0.1, 0.15) is 0 Å². The molecule has 0 amide bonds. The third-order valence-electron chi connectivity index (χ3n) is 1.58. The van der Waals surface area contributed by atoms with E-state index in [1.807, 2.05) is 5.10 Å². The van der Waals surface area contributed by atoms with Gasteiger partial charge in [-0.2, -0.15) is 9.49 Å².